The number of hydrogen-bond acceptors (Lipinski definition) is 3. The third-order valence-corrected chi connectivity index (χ3v) is 3.77. The first-order chi connectivity index (χ1) is 11.2. The van der Waals surface area contributed by atoms with E-state index in [4.69, 9.17) is 5.73 Å². The lowest BCUT2D eigenvalue weighted by Crippen LogP contribution is -1.92. The normalized spacial score (nSPS) is 11.0. The van der Waals surface area contributed by atoms with Gasteiger partial charge in [-0.25, -0.2) is 9.37 Å². The summed E-state index contributed by atoms with van der Waals surface area (Å²) < 4.78 is 15.0. The zero-order chi connectivity index (χ0) is 15.8. The molecular formula is C18H13FN4. The molecule has 3 aromatic heterocycles. The van der Waals surface area contributed by atoms with E-state index in [0.717, 1.165) is 27.9 Å². The van der Waals surface area contributed by atoms with E-state index in [0.29, 0.717) is 5.82 Å². The Morgan fingerprint density at radius 2 is 1.78 bits per heavy atom. The maximum atomic E-state index is 13.0. The van der Waals surface area contributed by atoms with Crippen LogP contribution in [0.4, 0.5) is 10.2 Å². The molecule has 2 N–H and O–H groups in total. The van der Waals surface area contributed by atoms with Crippen LogP contribution in [-0.2, 0) is 0 Å². The number of nitrogens with two attached hydrogens (primary N) is 1. The van der Waals surface area contributed by atoms with Gasteiger partial charge in [0.1, 0.15) is 11.6 Å². The molecule has 1 aromatic carbocycles. The van der Waals surface area contributed by atoms with Crippen molar-refractivity contribution >= 4 is 11.3 Å². The minimum Gasteiger partial charge on any atom is -0.383 e. The minimum atomic E-state index is -0.259. The molecule has 0 saturated heterocycles. The summed E-state index contributed by atoms with van der Waals surface area (Å²) in [6, 6.07) is 12.1. The highest BCUT2D eigenvalue weighted by molar-refractivity contribution is 5.77. The summed E-state index contributed by atoms with van der Waals surface area (Å²) in [4.78, 5) is 8.56. The second-order valence-corrected chi connectivity index (χ2v) is 5.28. The minimum absolute atomic E-state index is 0.259. The van der Waals surface area contributed by atoms with Gasteiger partial charge in [-0.3, -0.25) is 4.98 Å². The second kappa shape index (κ2) is 5.21. The number of benzene rings is 1. The van der Waals surface area contributed by atoms with Gasteiger partial charge in [-0.2, -0.15) is 0 Å². The average Bonchev–Trinajstić information content (AvgIpc) is 2.99. The van der Waals surface area contributed by atoms with E-state index in [1.54, 1.807) is 24.5 Å². The fourth-order valence-corrected chi connectivity index (χ4v) is 2.59. The molecule has 5 heteroatoms. The van der Waals surface area contributed by atoms with Crippen LogP contribution in [0.1, 0.15) is 0 Å². The summed E-state index contributed by atoms with van der Waals surface area (Å²) in [7, 11) is 0. The van der Waals surface area contributed by atoms with Gasteiger partial charge in [0.05, 0.1) is 17.4 Å². The van der Waals surface area contributed by atoms with E-state index in [1.165, 1.54) is 12.1 Å². The zero-order valence-electron chi connectivity index (χ0n) is 12.1. The maximum Gasteiger partial charge on any atom is 0.131 e. The molecule has 23 heavy (non-hydrogen) atoms. The molecular weight excluding hydrogens is 291 g/mol. The lowest BCUT2D eigenvalue weighted by molar-refractivity contribution is 0.628. The summed E-state index contributed by atoms with van der Waals surface area (Å²) in [5, 5.41) is 0. The summed E-state index contributed by atoms with van der Waals surface area (Å²) in [5.74, 6) is 0.236. The van der Waals surface area contributed by atoms with E-state index in [-0.39, 0.29) is 5.82 Å². The number of rotatable bonds is 2. The van der Waals surface area contributed by atoms with Gasteiger partial charge >= 0.3 is 0 Å². The Kier molecular flexibility index (Phi) is 3.05. The van der Waals surface area contributed by atoms with Crippen molar-refractivity contribution in [3.8, 4) is 22.4 Å². The van der Waals surface area contributed by atoms with Crippen LogP contribution in [0.25, 0.3) is 27.9 Å². The van der Waals surface area contributed by atoms with Gasteiger partial charge < -0.3 is 10.1 Å². The number of nitrogen functional groups attached to an aromatic ring is 1. The van der Waals surface area contributed by atoms with Crippen LogP contribution in [-0.4, -0.2) is 14.4 Å². The van der Waals surface area contributed by atoms with Gasteiger partial charge in [-0.1, -0.05) is 0 Å². The quantitative estimate of drug-likeness (QED) is 0.613. The largest absolute Gasteiger partial charge is 0.383 e. The van der Waals surface area contributed by atoms with Crippen LogP contribution in [0.2, 0.25) is 0 Å². The molecule has 0 aliphatic carbocycles. The number of pyridine rings is 1. The second-order valence-electron chi connectivity index (χ2n) is 5.28. The summed E-state index contributed by atoms with van der Waals surface area (Å²) >= 11 is 0. The number of hydrogen-bond donors (Lipinski definition) is 1. The molecule has 4 aromatic rings. The molecule has 0 fully saturated rings. The van der Waals surface area contributed by atoms with Gasteiger partial charge in [0.2, 0.25) is 0 Å². The van der Waals surface area contributed by atoms with Crippen LogP contribution in [0.15, 0.2) is 67.3 Å². The average molecular weight is 304 g/mol. The van der Waals surface area contributed by atoms with Crippen molar-refractivity contribution in [2.24, 2.45) is 0 Å². The van der Waals surface area contributed by atoms with Gasteiger partial charge in [0, 0.05) is 35.3 Å². The summed E-state index contributed by atoms with van der Waals surface area (Å²) in [6.07, 6.45) is 7.35. The van der Waals surface area contributed by atoms with Gasteiger partial charge in [-0.15, -0.1) is 0 Å². The number of nitrogens with zero attached hydrogens (tertiary/aromatic N) is 3. The maximum absolute atomic E-state index is 13.0. The predicted molar refractivity (Wildman–Crippen MR) is 88.2 cm³/mol. The molecule has 4 rings (SSSR count). The molecule has 112 valence electrons. The Labute approximate surface area is 132 Å². The summed E-state index contributed by atoms with van der Waals surface area (Å²) in [5.41, 5.74) is 10.4. The van der Waals surface area contributed by atoms with E-state index < -0.39 is 0 Å². The van der Waals surface area contributed by atoms with E-state index in [2.05, 4.69) is 9.97 Å². The molecule has 0 unspecified atom stereocenters. The first kappa shape index (κ1) is 13.5. The van der Waals surface area contributed by atoms with E-state index in [9.17, 15) is 4.39 Å². The van der Waals surface area contributed by atoms with E-state index >= 15 is 0 Å². The van der Waals surface area contributed by atoms with Crippen molar-refractivity contribution < 1.29 is 4.39 Å². The molecule has 3 heterocycles. The lowest BCUT2D eigenvalue weighted by Gasteiger charge is -2.02. The molecule has 0 aliphatic heterocycles. The fraction of sp³-hybridized carbons (Fsp3) is 0. The highest BCUT2D eigenvalue weighted by atomic mass is 19.1. The lowest BCUT2D eigenvalue weighted by atomic mass is 10.1. The van der Waals surface area contributed by atoms with Crippen molar-refractivity contribution in [3.63, 3.8) is 0 Å². The van der Waals surface area contributed by atoms with Gasteiger partial charge in [-0.05, 0) is 42.5 Å². The number of aromatic nitrogens is 3. The van der Waals surface area contributed by atoms with Crippen molar-refractivity contribution in [2.75, 3.05) is 5.73 Å². The standard InChI is InChI=1S/C18H13FN4/c19-14-5-3-12(4-6-14)17-11-23-10-13(8-15(23)9-22-17)16-2-1-7-21-18(16)20/h1-11H,(H2,20,21). The first-order valence-corrected chi connectivity index (χ1v) is 7.15. The Morgan fingerprint density at radius 1 is 0.957 bits per heavy atom. The monoisotopic (exact) mass is 304 g/mol. The van der Waals surface area contributed by atoms with Gasteiger partial charge in [0.15, 0.2) is 0 Å². The SMILES string of the molecule is Nc1ncccc1-c1cc2cnc(-c3ccc(F)cc3)cn2c1. The Balaban J connectivity index is 1.81. The molecule has 0 bridgehead atoms. The smallest absolute Gasteiger partial charge is 0.131 e. The summed E-state index contributed by atoms with van der Waals surface area (Å²) in [6.45, 7) is 0. The number of anilines is 1. The zero-order valence-corrected chi connectivity index (χ0v) is 12.1. The van der Waals surface area contributed by atoms with Crippen LogP contribution in [0, 0.1) is 5.82 Å². The third kappa shape index (κ3) is 2.42. The Morgan fingerprint density at radius 3 is 2.57 bits per heavy atom. The molecule has 0 amide bonds. The van der Waals surface area contributed by atoms with E-state index in [1.807, 2.05) is 35.0 Å². The fourth-order valence-electron chi connectivity index (χ4n) is 2.59. The van der Waals surface area contributed by atoms with Crippen molar-refractivity contribution in [1.82, 2.24) is 14.4 Å². The van der Waals surface area contributed by atoms with Crippen LogP contribution in [0.5, 0.6) is 0 Å². The van der Waals surface area contributed by atoms with Crippen molar-refractivity contribution in [1.29, 1.82) is 0 Å². The molecule has 0 aliphatic rings. The Hall–Kier alpha value is -3.21. The van der Waals surface area contributed by atoms with Crippen LogP contribution in [0.3, 0.4) is 0 Å². The number of fused-ring (bicyclic) bond motifs is 1. The molecule has 0 spiro atoms. The van der Waals surface area contributed by atoms with Crippen LogP contribution < -0.4 is 5.73 Å². The first-order valence-electron chi connectivity index (χ1n) is 7.15. The molecule has 0 saturated carbocycles. The Bertz CT molecular complexity index is 990. The highest BCUT2D eigenvalue weighted by Gasteiger charge is 2.08. The highest BCUT2D eigenvalue weighted by Crippen LogP contribution is 2.27. The number of halogens is 1. The topological polar surface area (TPSA) is 56.2 Å². The van der Waals surface area contributed by atoms with Crippen molar-refractivity contribution in [2.45, 2.75) is 0 Å². The molecule has 4 nitrogen and oxygen atoms in total. The van der Waals surface area contributed by atoms with Crippen LogP contribution >= 0.6 is 0 Å². The molecule has 0 radical (unpaired) electrons. The molecule has 0 atom stereocenters. The third-order valence-electron chi connectivity index (χ3n) is 3.77. The predicted octanol–water partition coefficient (Wildman–Crippen LogP) is 3.78. The van der Waals surface area contributed by atoms with Crippen molar-refractivity contribution in [3.05, 3.63) is 73.1 Å². The van der Waals surface area contributed by atoms with Gasteiger partial charge in [0.25, 0.3) is 0 Å².